The van der Waals surface area contributed by atoms with Gasteiger partial charge in [0.25, 0.3) is 0 Å². The third kappa shape index (κ3) is 6.02. The van der Waals surface area contributed by atoms with Gasteiger partial charge in [0.2, 0.25) is 6.79 Å². The second kappa shape index (κ2) is 10.6. The van der Waals surface area contributed by atoms with Crippen molar-refractivity contribution in [1.29, 1.82) is 0 Å². The highest BCUT2D eigenvalue weighted by Gasteiger charge is 2.23. The maximum atomic E-state index is 12.1. The molecule has 2 rings (SSSR count). The summed E-state index contributed by atoms with van der Waals surface area (Å²) in [5, 5.41) is 9.91. The molecule has 0 bridgehead atoms. The van der Waals surface area contributed by atoms with Gasteiger partial charge in [0.15, 0.2) is 11.5 Å². The van der Waals surface area contributed by atoms with E-state index in [1.54, 1.807) is 0 Å². The second-order valence-corrected chi connectivity index (χ2v) is 7.99. The lowest BCUT2D eigenvalue weighted by Crippen LogP contribution is -2.11. The number of aromatic carboxylic acids is 1. The number of benzene rings is 1. The molecule has 1 atom stereocenters. The van der Waals surface area contributed by atoms with Crippen LogP contribution in [0.4, 0.5) is 0 Å². The molecule has 1 heterocycles. The van der Waals surface area contributed by atoms with E-state index in [-0.39, 0.29) is 24.5 Å². The van der Waals surface area contributed by atoms with E-state index in [1.165, 1.54) is 18.6 Å². The molecule has 1 aliphatic rings. The molecule has 1 aromatic carbocycles. The molecule has 0 spiro atoms. The van der Waals surface area contributed by atoms with Crippen molar-refractivity contribution in [2.24, 2.45) is 0 Å². The van der Waals surface area contributed by atoms with Gasteiger partial charge in [-0.3, -0.25) is 4.79 Å². The Morgan fingerprint density at radius 3 is 2.58 bits per heavy atom. The van der Waals surface area contributed by atoms with E-state index in [0.717, 1.165) is 25.0 Å². The zero-order valence-corrected chi connectivity index (χ0v) is 16.6. The summed E-state index contributed by atoms with van der Waals surface area (Å²) in [6, 6.07) is 2.72. The first-order chi connectivity index (χ1) is 12.5. The van der Waals surface area contributed by atoms with Crippen LogP contribution < -0.4 is 14.2 Å². The van der Waals surface area contributed by atoms with E-state index in [0.29, 0.717) is 16.7 Å². The minimum absolute atomic E-state index is 0.00582. The Hall–Kier alpha value is -1.54. The van der Waals surface area contributed by atoms with E-state index in [2.05, 4.69) is 12.5 Å². The fourth-order valence-electron chi connectivity index (χ4n) is 2.62. The van der Waals surface area contributed by atoms with E-state index >= 15 is 0 Å². The maximum Gasteiger partial charge on any atom is 0.339 e. The lowest BCUT2D eigenvalue weighted by molar-refractivity contribution is -0.134. The van der Waals surface area contributed by atoms with Crippen LogP contribution in [-0.2, 0) is 4.79 Å². The molecule has 26 heavy (non-hydrogen) atoms. The van der Waals surface area contributed by atoms with Crippen LogP contribution in [0, 0.1) is 0 Å². The lowest BCUT2D eigenvalue weighted by atomic mass is 10.1. The number of fused-ring (bicyclic) bond motifs is 1. The molecular weight excluding hydrogens is 376 g/mol. The van der Waals surface area contributed by atoms with Gasteiger partial charge >= 0.3 is 11.9 Å². The highest BCUT2D eigenvalue weighted by atomic mass is 32.2. The zero-order chi connectivity index (χ0) is 18.9. The predicted octanol–water partition coefficient (Wildman–Crippen LogP) is 4.06. The molecule has 6 nitrogen and oxygen atoms in total. The normalized spacial score (nSPS) is 13.5. The number of carboxylic acid groups (broad SMARTS) is 1. The van der Waals surface area contributed by atoms with Crippen molar-refractivity contribution in [3.63, 3.8) is 0 Å². The number of rotatable bonds is 11. The number of esters is 1. The van der Waals surface area contributed by atoms with Gasteiger partial charge in [-0.1, -0.05) is 6.42 Å². The number of thioether (sulfide) groups is 2. The largest absolute Gasteiger partial charge is 0.478 e. The summed E-state index contributed by atoms with van der Waals surface area (Å²) in [4.78, 5) is 23.4. The van der Waals surface area contributed by atoms with Crippen LogP contribution >= 0.6 is 23.5 Å². The van der Waals surface area contributed by atoms with Crippen LogP contribution in [0.3, 0.4) is 0 Å². The van der Waals surface area contributed by atoms with Crippen molar-refractivity contribution in [2.75, 3.05) is 25.1 Å². The molecule has 1 aromatic rings. The van der Waals surface area contributed by atoms with E-state index in [4.69, 9.17) is 14.2 Å². The fraction of sp³-hybridized carbons (Fsp3) is 0.556. The van der Waals surface area contributed by atoms with Crippen LogP contribution in [0.2, 0.25) is 0 Å². The molecule has 0 saturated carbocycles. The van der Waals surface area contributed by atoms with Crippen LogP contribution in [0.25, 0.3) is 0 Å². The molecule has 0 aliphatic carbocycles. The molecule has 8 heteroatoms. The van der Waals surface area contributed by atoms with E-state index in [9.17, 15) is 14.7 Å². The number of ether oxygens (including phenoxy) is 3. The van der Waals surface area contributed by atoms with Crippen molar-refractivity contribution in [2.45, 2.75) is 37.4 Å². The van der Waals surface area contributed by atoms with Crippen molar-refractivity contribution in [1.82, 2.24) is 0 Å². The number of hydrogen-bond acceptors (Lipinski definition) is 7. The Kier molecular flexibility index (Phi) is 8.44. The topological polar surface area (TPSA) is 82.1 Å². The van der Waals surface area contributed by atoms with Crippen molar-refractivity contribution in [3.05, 3.63) is 17.7 Å². The number of hydrogen-bond donors (Lipinski definition) is 1. The van der Waals surface area contributed by atoms with Crippen molar-refractivity contribution in [3.8, 4) is 17.2 Å². The Morgan fingerprint density at radius 2 is 1.92 bits per heavy atom. The standard InChI is InChI=1S/C18H24O6S2/c1-25-8-7-12(26-2)5-3-4-6-17(19)24-14-10-16-15(22-11-23-16)9-13(14)18(20)21/h9-10,12H,3-8,11H2,1-2H3,(H,20,21). The summed E-state index contributed by atoms with van der Waals surface area (Å²) < 4.78 is 15.6. The number of carboxylic acids is 1. The molecule has 144 valence electrons. The first-order valence-electron chi connectivity index (χ1n) is 8.44. The monoisotopic (exact) mass is 400 g/mol. The van der Waals surface area contributed by atoms with Crippen LogP contribution in [-0.4, -0.2) is 47.4 Å². The molecule has 1 unspecified atom stereocenters. The van der Waals surface area contributed by atoms with Gasteiger partial charge in [-0.25, -0.2) is 4.79 Å². The average molecular weight is 401 g/mol. The summed E-state index contributed by atoms with van der Waals surface area (Å²) in [5.41, 5.74) is -0.109. The van der Waals surface area contributed by atoms with Gasteiger partial charge in [0.1, 0.15) is 11.3 Å². The number of unbranched alkanes of at least 4 members (excludes halogenated alkanes) is 1. The van der Waals surface area contributed by atoms with Crippen LogP contribution in [0.15, 0.2) is 12.1 Å². The third-order valence-corrected chi connectivity index (χ3v) is 5.85. The molecule has 1 aliphatic heterocycles. The zero-order valence-electron chi connectivity index (χ0n) is 15.0. The first-order valence-corrected chi connectivity index (χ1v) is 11.1. The summed E-state index contributed by atoms with van der Waals surface area (Å²) in [7, 11) is 0. The van der Waals surface area contributed by atoms with Gasteiger partial charge in [0, 0.05) is 23.8 Å². The van der Waals surface area contributed by atoms with Gasteiger partial charge < -0.3 is 19.3 Å². The Balaban J connectivity index is 1.83. The van der Waals surface area contributed by atoms with Crippen LogP contribution in [0.5, 0.6) is 17.2 Å². The molecule has 0 radical (unpaired) electrons. The van der Waals surface area contributed by atoms with Crippen molar-refractivity contribution >= 4 is 35.5 Å². The molecule has 0 fully saturated rings. The number of carbonyl (C=O) groups excluding carboxylic acids is 1. The molecule has 0 aromatic heterocycles. The Morgan fingerprint density at radius 1 is 1.19 bits per heavy atom. The fourth-order valence-corrected chi connectivity index (χ4v) is 4.04. The number of carbonyl (C=O) groups is 2. The quantitative estimate of drug-likeness (QED) is 0.338. The van der Waals surface area contributed by atoms with Crippen LogP contribution in [0.1, 0.15) is 42.5 Å². The predicted molar refractivity (Wildman–Crippen MR) is 104 cm³/mol. The van der Waals surface area contributed by atoms with Gasteiger partial charge in [0.05, 0.1) is 0 Å². The molecule has 0 saturated heterocycles. The third-order valence-electron chi connectivity index (χ3n) is 4.06. The Labute approximate surface area is 162 Å². The Bertz CT molecular complexity index is 634. The summed E-state index contributed by atoms with van der Waals surface area (Å²) >= 11 is 3.72. The summed E-state index contributed by atoms with van der Waals surface area (Å²) in [6.07, 6.45) is 8.40. The highest BCUT2D eigenvalue weighted by Crippen LogP contribution is 2.38. The summed E-state index contributed by atoms with van der Waals surface area (Å²) in [5.74, 6) is 0.257. The molecule has 0 amide bonds. The average Bonchev–Trinajstić information content (AvgIpc) is 3.07. The minimum Gasteiger partial charge on any atom is -0.478 e. The summed E-state index contributed by atoms with van der Waals surface area (Å²) in [6.45, 7) is 0.0267. The smallest absolute Gasteiger partial charge is 0.339 e. The minimum atomic E-state index is -1.18. The molecular formula is C18H24O6S2. The van der Waals surface area contributed by atoms with Gasteiger partial charge in [-0.15, -0.1) is 0 Å². The van der Waals surface area contributed by atoms with Gasteiger partial charge in [-0.05, 0) is 37.5 Å². The highest BCUT2D eigenvalue weighted by molar-refractivity contribution is 7.99. The van der Waals surface area contributed by atoms with E-state index in [1.807, 2.05) is 23.5 Å². The lowest BCUT2D eigenvalue weighted by Gasteiger charge is -2.13. The first kappa shape index (κ1) is 20.8. The maximum absolute atomic E-state index is 12.1. The van der Waals surface area contributed by atoms with E-state index < -0.39 is 11.9 Å². The van der Waals surface area contributed by atoms with Gasteiger partial charge in [-0.2, -0.15) is 23.5 Å². The second-order valence-electron chi connectivity index (χ2n) is 5.87. The SMILES string of the molecule is CSCCC(CCCCC(=O)Oc1cc2c(cc1C(=O)O)OCO2)SC. The molecule has 1 N–H and O–H groups in total. The van der Waals surface area contributed by atoms with Crippen molar-refractivity contribution < 1.29 is 28.9 Å².